The second-order valence-electron chi connectivity index (χ2n) is 2.96. The Kier molecular flexibility index (Phi) is 2.95. The first-order valence-electron chi connectivity index (χ1n) is 4.85. The average molecular weight is 218 g/mol. The van der Waals surface area contributed by atoms with Gasteiger partial charge in [0.2, 0.25) is 0 Å². The predicted octanol–water partition coefficient (Wildman–Crippen LogP) is 1.91. The highest BCUT2D eigenvalue weighted by molar-refractivity contribution is 5.87. The van der Waals surface area contributed by atoms with Crippen molar-refractivity contribution in [2.75, 3.05) is 6.61 Å². The van der Waals surface area contributed by atoms with Crippen molar-refractivity contribution >= 4 is 5.97 Å². The van der Waals surface area contributed by atoms with Crippen LogP contribution in [0.5, 0.6) is 0 Å². The zero-order valence-corrected chi connectivity index (χ0v) is 8.71. The van der Waals surface area contributed by atoms with Crippen molar-refractivity contribution in [1.29, 1.82) is 0 Å². The van der Waals surface area contributed by atoms with Gasteiger partial charge in [-0.3, -0.25) is 0 Å². The molecule has 5 nitrogen and oxygen atoms in total. The van der Waals surface area contributed by atoms with E-state index < -0.39 is 5.97 Å². The maximum atomic E-state index is 11.4. The lowest BCUT2D eigenvalue weighted by molar-refractivity contribution is 0.0519. The minimum Gasteiger partial charge on any atom is -0.461 e. The molecule has 0 atom stereocenters. The third-order valence-corrected chi connectivity index (χ3v) is 1.88. The first-order valence-corrected chi connectivity index (χ1v) is 4.85. The van der Waals surface area contributed by atoms with E-state index in [0.29, 0.717) is 18.2 Å². The number of carbonyl (C=O) groups excluding carboxylic acids is 1. The SMILES string of the molecule is CCOC(=O)c1ccnc(-c2ccco2)n1. The number of furan rings is 1. The van der Waals surface area contributed by atoms with Crippen LogP contribution in [0, 0.1) is 0 Å². The standard InChI is InChI=1S/C11H10N2O3/c1-2-15-11(14)8-5-6-12-10(13-8)9-4-3-7-16-9/h3-7H,2H2,1H3. The molecule has 0 aliphatic carbocycles. The summed E-state index contributed by atoms with van der Waals surface area (Å²) in [4.78, 5) is 19.5. The molecule has 0 saturated heterocycles. The van der Waals surface area contributed by atoms with Gasteiger partial charge in [0.15, 0.2) is 17.3 Å². The van der Waals surface area contributed by atoms with Gasteiger partial charge in [-0.1, -0.05) is 0 Å². The topological polar surface area (TPSA) is 65.2 Å². The molecule has 0 saturated carbocycles. The van der Waals surface area contributed by atoms with Crippen LogP contribution in [0.4, 0.5) is 0 Å². The maximum Gasteiger partial charge on any atom is 0.357 e. The zero-order chi connectivity index (χ0) is 11.4. The fourth-order valence-corrected chi connectivity index (χ4v) is 1.20. The van der Waals surface area contributed by atoms with Gasteiger partial charge in [0.1, 0.15) is 0 Å². The number of aromatic nitrogens is 2. The minimum absolute atomic E-state index is 0.225. The molecule has 0 spiro atoms. The van der Waals surface area contributed by atoms with Crippen LogP contribution in [0.2, 0.25) is 0 Å². The number of esters is 1. The van der Waals surface area contributed by atoms with Crippen LogP contribution in [0.1, 0.15) is 17.4 Å². The van der Waals surface area contributed by atoms with E-state index in [1.54, 1.807) is 19.1 Å². The molecule has 2 aromatic heterocycles. The molecule has 0 unspecified atom stereocenters. The summed E-state index contributed by atoms with van der Waals surface area (Å²) >= 11 is 0. The van der Waals surface area contributed by atoms with Gasteiger partial charge < -0.3 is 9.15 Å². The molecule has 0 aliphatic rings. The Morgan fingerprint density at radius 3 is 3.06 bits per heavy atom. The molecule has 0 amide bonds. The molecule has 2 rings (SSSR count). The van der Waals surface area contributed by atoms with Gasteiger partial charge in [0.05, 0.1) is 12.9 Å². The summed E-state index contributed by atoms with van der Waals surface area (Å²) in [7, 11) is 0. The lowest BCUT2D eigenvalue weighted by Gasteiger charge is -2.01. The van der Waals surface area contributed by atoms with E-state index in [1.165, 1.54) is 18.5 Å². The van der Waals surface area contributed by atoms with Crippen LogP contribution in [-0.2, 0) is 4.74 Å². The van der Waals surface area contributed by atoms with Crippen LogP contribution >= 0.6 is 0 Å². The molecule has 2 heterocycles. The molecule has 16 heavy (non-hydrogen) atoms. The molecule has 5 heteroatoms. The molecule has 0 N–H and O–H groups in total. The minimum atomic E-state index is -0.460. The summed E-state index contributed by atoms with van der Waals surface area (Å²) in [5.41, 5.74) is 0.225. The number of ether oxygens (including phenoxy) is 1. The van der Waals surface area contributed by atoms with Gasteiger partial charge in [-0.15, -0.1) is 0 Å². The number of hydrogen-bond donors (Lipinski definition) is 0. The lowest BCUT2D eigenvalue weighted by Crippen LogP contribution is -2.07. The van der Waals surface area contributed by atoms with E-state index in [0.717, 1.165) is 0 Å². The van der Waals surface area contributed by atoms with Crippen molar-refractivity contribution in [3.63, 3.8) is 0 Å². The van der Waals surface area contributed by atoms with Crippen LogP contribution in [0.15, 0.2) is 35.1 Å². The molecule has 0 bridgehead atoms. The third-order valence-electron chi connectivity index (χ3n) is 1.88. The van der Waals surface area contributed by atoms with Crippen molar-refractivity contribution in [2.24, 2.45) is 0 Å². The highest BCUT2D eigenvalue weighted by Gasteiger charge is 2.11. The number of carbonyl (C=O) groups is 1. The summed E-state index contributed by atoms with van der Waals surface area (Å²) in [5, 5.41) is 0. The van der Waals surface area contributed by atoms with Gasteiger partial charge in [-0.2, -0.15) is 0 Å². The third kappa shape index (κ3) is 2.08. The first-order chi connectivity index (χ1) is 7.81. The van der Waals surface area contributed by atoms with Crippen molar-refractivity contribution < 1.29 is 13.9 Å². The Balaban J connectivity index is 2.30. The van der Waals surface area contributed by atoms with E-state index >= 15 is 0 Å². The van der Waals surface area contributed by atoms with Crippen LogP contribution in [0.3, 0.4) is 0 Å². The monoisotopic (exact) mass is 218 g/mol. The van der Waals surface area contributed by atoms with E-state index in [4.69, 9.17) is 9.15 Å². The quantitative estimate of drug-likeness (QED) is 0.736. The van der Waals surface area contributed by atoms with Gasteiger partial charge in [-0.25, -0.2) is 14.8 Å². The molecular weight excluding hydrogens is 208 g/mol. The summed E-state index contributed by atoms with van der Waals surface area (Å²) in [6.07, 6.45) is 3.02. The second-order valence-corrected chi connectivity index (χ2v) is 2.96. The van der Waals surface area contributed by atoms with Crippen molar-refractivity contribution in [2.45, 2.75) is 6.92 Å². The van der Waals surface area contributed by atoms with E-state index in [1.807, 2.05) is 0 Å². The second kappa shape index (κ2) is 4.57. The Hall–Kier alpha value is -2.17. The highest BCUT2D eigenvalue weighted by Crippen LogP contribution is 2.14. The fourth-order valence-electron chi connectivity index (χ4n) is 1.20. The highest BCUT2D eigenvalue weighted by atomic mass is 16.5. The molecular formula is C11H10N2O3. The number of nitrogens with zero attached hydrogens (tertiary/aromatic N) is 2. The van der Waals surface area contributed by atoms with E-state index in [2.05, 4.69) is 9.97 Å². The van der Waals surface area contributed by atoms with Gasteiger partial charge >= 0.3 is 5.97 Å². The smallest absolute Gasteiger partial charge is 0.357 e. The van der Waals surface area contributed by atoms with Gasteiger partial charge in [0, 0.05) is 6.20 Å². The van der Waals surface area contributed by atoms with Crippen LogP contribution in [0.25, 0.3) is 11.6 Å². The van der Waals surface area contributed by atoms with E-state index in [-0.39, 0.29) is 5.69 Å². The van der Waals surface area contributed by atoms with Crippen LogP contribution < -0.4 is 0 Å². The van der Waals surface area contributed by atoms with Gasteiger partial charge in [-0.05, 0) is 25.1 Å². The van der Waals surface area contributed by atoms with Gasteiger partial charge in [0.25, 0.3) is 0 Å². The summed E-state index contributed by atoms with van der Waals surface area (Å²) in [6, 6.07) is 4.96. The first kappa shape index (κ1) is 10.4. The van der Waals surface area contributed by atoms with Crippen molar-refractivity contribution in [3.8, 4) is 11.6 Å². The Bertz CT molecular complexity index is 480. The Morgan fingerprint density at radius 1 is 1.50 bits per heavy atom. The number of hydrogen-bond acceptors (Lipinski definition) is 5. The molecule has 82 valence electrons. The normalized spacial score (nSPS) is 10.1. The fraction of sp³-hybridized carbons (Fsp3) is 0.182. The van der Waals surface area contributed by atoms with Crippen LogP contribution in [-0.4, -0.2) is 22.5 Å². The molecule has 0 radical (unpaired) electrons. The molecule has 2 aromatic rings. The molecule has 0 fully saturated rings. The lowest BCUT2D eigenvalue weighted by atomic mass is 10.3. The zero-order valence-electron chi connectivity index (χ0n) is 8.71. The predicted molar refractivity (Wildman–Crippen MR) is 55.7 cm³/mol. The number of rotatable bonds is 3. The van der Waals surface area contributed by atoms with Crippen molar-refractivity contribution in [1.82, 2.24) is 9.97 Å². The summed E-state index contributed by atoms with van der Waals surface area (Å²) in [6.45, 7) is 2.06. The molecule has 0 aromatic carbocycles. The Labute approximate surface area is 92.1 Å². The molecule has 0 aliphatic heterocycles. The van der Waals surface area contributed by atoms with Crippen molar-refractivity contribution in [3.05, 3.63) is 36.4 Å². The largest absolute Gasteiger partial charge is 0.461 e. The summed E-state index contributed by atoms with van der Waals surface area (Å²) < 4.78 is 9.98. The maximum absolute atomic E-state index is 11.4. The van der Waals surface area contributed by atoms with E-state index in [9.17, 15) is 4.79 Å². The Morgan fingerprint density at radius 2 is 2.38 bits per heavy atom. The summed E-state index contributed by atoms with van der Waals surface area (Å²) in [5.74, 6) is 0.430. The average Bonchev–Trinajstić information content (AvgIpc) is 2.83.